The highest BCUT2D eigenvalue weighted by Crippen LogP contribution is 2.39. The van der Waals surface area contributed by atoms with Gasteiger partial charge in [0.05, 0.1) is 22.2 Å². The number of nitrogen functional groups attached to an aromatic ring is 1. The molecule has 2 unspecified atom stereocenters. The Hall–Kier alpha value is -3.51. The molecule has 0 aromatic heterocycles. The molecular weight excluding hydrogens is 669 g/mol. The van der Waals surface area contributed by atoms with E-state index in [9.17, 15) is 27.6 Å². The summed E-state index contributed by atoms with van der Waals surface area (Å²) in [5.74, 6) is -1.31. The van der Waals surface area contributed by atoms with Crippen LogP contribution in [0.1, 0.15) is 75.0 Å². The first kappa shape index (κ1) is 36.3. The molecule has 2 aromatic carbocycles. The second-order valence-electron chi connectivity index (χ2n) is 14.4. The van der Waals surface area contributed by atoms with Crippen LogP contribution in [0.15, 0.2) is 36.4 Å². The van der Waals surface area contributed by atoms with Crippen molar-refractivity contribution >= 4 is 40.8 Å². The number of hydrogen-bond donors (Lipinski definition) is 2. The predicted octanol–water partition coefficient (Wildman–Crippen LogP) is 6.44. The molecule has 3 N–H and O–H groups in total. The molecule has 3 atom stereocenters. The quantitative estimate of drug-likeness (QED) is 0.322. The maximum atomic E-state index is 14.3. The van der Waals surface area contributed by atoms with Crippen LogP contribution in [0, 0.1) is 5.92 Å². The van der Waals surface area contributed by atoms with Crippen LogP contribution in [-0.4, -0.2) is 94.8 Å². The lowest BCUT2D eigenvalue weighted by atomic mass is 9.89. The van der Waals surface area contributed by atoms with Gasteiger partial charge in [-0.1, -0.05) is 36.2 Å². The van der Waals surface area contributed by atoms with Crippen LogP contribution in [0.5, 0.6) is 0 Å². The summed E-state index contributed by atoms with van der Waals surface area (Å²) in [6.45, 7) is 6.11. The lowest BCUT2D eigenvalue weighted by Gasteiger charge is -2.44. The molecule has 13 heteroatoms. The third-order valence-electron chi connectivity index (χ3n) is 11.2. The second-order valence-corrected chi connectivity index (χ2v) is 14.8. The Labute approximate surface area is 297 Å². The van der Waals surface area contributed by atoms with E-state index in [4.69, 9.17) is 17.3 Å². The fourth-order valence-electron chi connectivity index (χ4n) is 8.39. The molecule has 4 heterocycles. The van der Waals surface area contributed by atoms with Crippen molar-refractivity contribution in [1.82, 2.24) is 19.6 Å². The van der Waals surface area contributed by atoms with E-state index in [0.717, 1.165) is 49.7 Å². The molecule has 6 rings (SSSR count). The number of nitrogens with zero attached hydrogens (tertiary/aromatic N) is 4. The third-order valence-corrected chi connectivity index (χ3v) is 11.5. The molecule has 9 nitrogen and oxygen atoms in total. The van der Waals surface area contributed by atoms with Crippen LogP contribution in [-0.2, 0) is 28.6 Å². The maximum Gasteiger partial charge on any atom is 0.418 e. The smallest absolute Gasteiger partial charge is 0.397 e. The Morgan fingerprint density at radius 2 is 1.68 bits per heavy atom. The van der Waals surface area contributed by atoms with Crippen LogP contribution >= 0.6 is 11.6 Å². The number of likely N-dealkylation sites (tertiary alicyclic amines) is 3. The number of anilines is 2. The molecule has 0 radical (unpaired) electrons. The molecule has 272 valence electrons. The zero-order valence-corrected chi connectivity index (χ0v) is 29.4. The SMILES string of the molecule is CC1CC(N2CCCCC2)CCN1C(=O)[C@H](CC(=O)N1CCC(N2CCc3ccccc3NC2=O)CC1)Cc1cc(Cl)c(N)c(C(F)(F)F)c1. The number of hydrogen-bond acceptors (Lipinski definition) is 5. The molecule has 0 bridgehead atoms. The van der Waals surface area contributed by atoms with E-state index in [1.807, 2.05) is 41.0 Å². The van der Waals surface area contributed by atoms with Gasteiger partial charge in [0.15, 0.2) is 0 Å². The molecule has 4 aliphatic rings. The number of urea groups is 1. The number of halogens is 4. The first-order valence-electron chi connectivity index (χ1n) is 18.0. The van der Waals surface area contributed by atoms with E-state index in [1.165, 1.54) is 25.3 Å². The van der Waals surface area contributed by atoms with Gasteiger partial charge in [0, 0.05) is 56.4 Å². The molecule has 3 saturated heterocycles. The Morgan fingerprint density at radius 3 is 2.38 bits per heavy atom. The van der Waals surface area contributed by atoms with Crippen LogP contribution in [0.25, 0.3) is 0 Å². The van der Waals surface area contributed by atoms with Crippen LogP contribution in [0.2, 0.25) is 5.02 Å². The van der Waals surface area contributed by atoms with Gasteiger partial charge in [-0.3, -0.25) is 9.59 Å². The van der Waals surface area contributed by atoms with Crippen LogP contribution in [0.3, 0.4) is 0 Å². The van der Waals surface area contributed by atoms with Gasteiger partial charge in [0.25, 0.3) is 0 Å². The van der Waals surface area contributed by atoms with Gasteiger partial charge in [0.2, 0.25) is 11.8 Å². The molecule has 4 amide bonds. The van der Waals surface area contributed by atoms with Gasteiger partial charge in [-0.05, 0) is 101 Å². The summed E-state index contributed by atoms with van der Waals surface area (Å²) < 4.78 is 41.6. The van der Waals surface area contributed by atoms with Crippen molar-refractivity contribution in [1.29, 1.82) is 0 Å². The minimum absolute atomic E-state index is 0.0365. The first-order chi connectivity index (χ1) is 23.9. The van der Waals surface area contributed by atoms with Crippen LogP contribution in [0.4, 0.5) is 29.3 Å². The number of rotatable bonds is 7. The highest BCUT2D eigenvalue weighted by molar-refractivity contribution is 6.33. The number of amides is 4. The van der Waals surface area contributed by atoms with E-state index < -0.39 is 23.3 Å². The van der Waals surface area contributed by atoms with E-state index >= 15 is 0 Å². The van der Waals surface area contributed by atoms with Gasteiger partial charge in [-0.25, -0.2) is 4.79 Å². The van der Waals surface area contributed by atoms with Gasteiger partial charge >= 0.3 is 12.2 Å². The number of carbonyl (C=O) groups excluding carboxylic acids is 3. The predicted molar refractivity (Wildman–Crippen MR) is 188 cm³/mol. The summed E-state index contributed by atoms with van der Waals surface area (Å²) in [7, 11) is 0. The summed E-state index contributed by atoms with van der Waals surface area (Å²) in [4.78, 5) is 49.2. The van der Waals surface area contributed by atoms with Crippen molar-refractivity contribution in [2.75, 3.05) is 50.3 Å². The summed E-state index contributed by atoms with van der Waals surface area (Å²) in [5, 5.41) is 2.79. The van der Waals surface area contributed by atoms with Crippen molar-refractivity contribution in [2.45, 2.75) is 95.4 Å². The maximum absolute atomic E-state index is 14.3. The zero-order valence-electron chi connectivity index (χ0n) is 28.7. The van der Waals surface area contributed by atoms with Crippen LogP contribution < -0.4 is 11.1 Å². The summed E-state index contributed by atoms with van der Waals surface area (Å²) in [5.41, 5.74) is 6.22. The molecule has 3 fully saturated rings. The third kappa shape index (κ3) is 8.17. The number of nitrogens with two attached hydrogens (primary N) is 1. The first-order valence-corrected chi connectivity index (χ1v) is 18.4. The van der Waals surface area contributed by atoms with E-state index in [1.54, 1.807) is 4.90 Å². The Bertz CT molecular complexity index is 1560. The number of benzene rings is 2. The van der Waals surface area contributed by atoms with Crippen molar-refractivity contribution in [3.63, 3.8) is 0 Å². The van der Waals surface area contributed by atoms with E-state index in [-0.39, 0.29) is 53.4 Å². The average Bonchev–Trinajstić information content (AvgIpc) is 3.27. The minimum atomic E-state index is -4.72. The molecule has 0 saturated carbocycles. The molecular formula is C37H48ClF3N6O3. The van der Waals surface area contributed by atoms with E-state index in [0.29, 0.717) is 45.1 Å². The fourth-order valence-corrected chi connectivity index (χ4v) is 8.63. The van der Waals surface area contributed by atoms with Gasteiger partial charge in [-0.15, -0.1) is 0 Å². The molecule has 4 aliphatic heterocycles. The summed E-state index contributed by atoms with van der Waals surface area (Å²) in [6, 6.07) is 10.2. The average molecular weight is 717 g/mol. The molecule has 0 spiro atoms. The van der Waals surface area contributed by atoms with Crippen molar-refractivity contribution in [3.05, 3.63) is 58.1 Å². The second kappa shape index (κ2) is 15.4. The number of alkyl halides is 3. The van der Waals surface area contributed by atoms with Gasteiger partial charge in [-0.2, -0.15) is 13.2 Å². The summed E-state index contributed by atoms with van der Waals surface area (Å²) >= 11 is 6.17. The number of para-hydroxylation sites is 1. The Morgan fingerprint density at radius 1 is 0.980 bits per heavy atom. The number of carbonyl (C=O) groups is 3. The Balaban J connectivity index is 1.14. The van der Waals surface area contributed by atoms with Crippen molar-refractivity contribution < 1.29 is 27.6 Å². The van der Waals surface area contributed by atoms with Gasteiger partial charge in [0.1, 0.15) is 0 Å². The standard InChI is InChI=1S/C37H48ClF3N6O3/c1-24-19-29(44-13-5-2-6-14-44)12-18-46(24)35(49)27(20-25-21-30(37(39,40)41)34(42)31(38)22-25)23-33(48)45-15-10-28(11-16-45)47-17-9-26-7-3-4-8-32(26)43-36(47)50/h3-4,7-8,21-22,24,27-29H,2,5-6,9-20,23,42H2,1H3,(H,43,50)/t24?,27-,29?/m0/s1. The van der Waals surface area contributed by atoms with Gasteiger partial charge < -0.3 is 30.7 Å². The normalized spacial score (nSPS) is 23.2. The van der Waals surface area contributed by atoms with Crippen molar-refractivity contribution in [2.24, 2.45) is 5.92 Å². The fraction of sp³-hybridized carbons (Fsp3) is 0.595. The molecule has 50 heavy (non-hydrogen) atoms. The minimum Gasteiger partial charge on any atom is -0.397 e. The van der Waals surface area contributed by atoms with Crippen molar-refractivity contribution in [3.8, 4) is 0 Å². The molecule has 0 aliphatic carbocycles. The largest absolute Gasteiger partial charge is 0.418 e. The molecule has 2 aromatic rings. The number of fused-ring (bicyclic) bond motifs is 1. The lowest BCUT2D eigenvalue weighted by molar-refractivity contribution is -0.145. The monoisotopic (exact) mass is 716 g/mol. The van der Waals surface area contributed by atoms with E-state index in [2.05, 4.69) is 10.2 Å². The number of piperidine rings is 3. The number of nitrogens with one attached hydrogen (secondary N) is 1. The summed E-state index contributed by atoms with van der Waals surface area (Å²) in [6.07, 6.45) is 2.24. The Kier molecular flexibility index (Phi) is 11.2. The topological polar surface area (TPSA) is 102 Å². The highest BCUT2D eigenvalue weighted by Gasteiger charge is 2.39. The zero-order chi connectivity index (χ0) is 35.6. The lowest BCUT2D eigenvalue weighted by Crippen LogP contribution is -2.54. The highest BCUT2D eigenvalue weighted by atomic mass is 35.5.